The maximum absolute atomic E-state index is 14.1. The fourth-order valence-electron chi connectivity index (χ4n) is 6.45. The molecule has 13 N–H and O–H groups in total. The van der Waals surface area contributed by atoms with Gasteiger partial charge in [-0.3, -0.25) is 53.0 Å². The number of carbonyl (C=O) groups excluding carboxylic acids is 9. The predicted molar refractivity (Wildman–Crippen MR) is 227 cm³/mol. The molecule has 0 aromatic heterocycles. The number of primary amides is 1. The van der Waals surface area contributed by atoms with Crippen LogP contribution in [0.3, 0.4) is 0 Å². The maximum atomic E-state index is 14.1. The predicted octanol–water partition coefficient (Wildman–Crippen LogP) is -3.02. The molecule has 23 heteroatoms. The van der Waals surface area contributed by atoms with E-state index in [1.807, 2.05) is 0 Å². The Morgan fingerprint density at radius 1 is 0.726 bits per heavy atom. The molecule has 2 rings (SSSR count). The second kappa shape index (κ2) is 25.2. The Hall–Kier alpha value is -5.84. The molecule has 0 bridgehead atoms. The van der Waals surface area contributed by atoms with Gasteiger partial charge in [0.2, 0.25) is 47.3 Å². The average Bonchev–Trinajstić information content (AvgIpc) is 3.18. The first kappa shape index (κ1) is 52.3. The number of nitrogens with zero attached hydrogens (tertiary/aromatic N) is 2. The van der Waals surface area contributed by atoms with Crippen molar-refractivity contribution in [2.75, 3.05) is 18.9 Å². The zero-order valence-electron chi connectivity index (χ0n) is 35.4. The van der Waals surface area contributed by atoms with Gasteiger partial charge in [0.1, 0.15) is 48.1 Å². The number of benzene rings is 1. The van der Waals surface area contributed by atoms with E-state index in [9.17, 15) is 52.6 Å². The molecule has 1 fully saturated rings. The lowest BCUT2D eigenvalue weighted by atomic mass is 9.98. The van der Waals surface area contributed by atoms with E-state index in [2.05, 4.69) is 49.5 Å². The van der Waals surface area contributed by atoms with Gasteiger partial charge in [-0.1, -0.05) is 39.8 Å². The quantitative estimate of drug-likeness (QED) is 0.0385. The third kappa shape index (κ3) is 16.9. The monoisotopic (exact) mass is 893 g/mol. The van der Waals surface area contributed by atoms with Crippen LogP contribution in [0, 0.1) is 17.7 Å². The summed E-state index contributed by atoms with van der Waals surface area (Å²) in [5.74, 6) is -11.1. The van der Waals surface area contributed by atoms with Crippen LogP contribution in [0.15, 0.2) is 29.3 Å². The Morgan fingerprint density at radius 2 is 1.18 bits per heavy atom. The largest absolute Gasteiger partial charge is 0.394 e. The van der Waals surface area contributed by atoms with Crippen LogP contribution in [-0.2, 0) is 49.6 Å². The van der Waals surface area contributed by atoms with E-state index in [1.165, 1.54) is 12.1 Å². The van der Waals surface area contributed by atoms with Crippen LogP contribution in [0.25, 0.3) is 0 Å². The molecule has 1 saturated heterocycles. The number of guanidine groups is 1. The molecule has 21 nitrogen and oxygen atoms in total. The molecular formula is C39H60FN11O10S. The molecule has 344 valence electrons. The maximum Gasteiger partial charge on any atom is 0.253 e. The minimum atomic E-state index is -2.00. The number of halogens is 1. The summed E-state index contributed by atoms with van der Waals surface area (Å²) in [6.45, 7) is 6.83. The first-order valence-corrected chi connectivity index (χ1v) is 20.7. The summed E-state index contributed by atoms with van der Waals surface area (Å²) in [6.07, 6.45) is -1.05. The summed E-state index contributed by atoms with van der Waals surface area (Å²) < 4.78 is 13.9. The Balaban J connectivity index is 2.84. The topological polar surface area (TPSA) is 340 Å². The number of nitrogens with one attached hydrogen (secondary N) is 6. The molecule has 9 amide bonds. The van der Waals surface area contributed by atoms with Gasteiger partial charge in [-0.2, -0.15) is 12.6 Å². The lowest BCUT2D eigenvalue weighted by molar-refractivity contribution is -0.154. The van der Waals surface area contributed by atoms with Crippen LogP contribution >= 0.6 is 12.6 Å². The van der Waals surface area contributed by atoms with Crippen LogP contribution in [0.2, 0.25) is 0 Å². The SMILES string of the molecule is CC(=O)N1C(=O)[C@H](CS)NC(=O)[C@H](CC(N)=O)NC(=O)[C@H](CCCN=C(N)N)NC(=O)[C@H](CC(C)C)NC(=O)[C@H](CC(C)C)NC(=O)[C@H](Cc2ccc(F)cc2)NC(=O)[C@@H]1CO. The number of rotatable bonds is 14. The van der Waals surface area contributed by atoms with Gasteiger partial charge in [-0.05, 0) is 55.2 Å². The van der Waals surface area contributed by atoms with Crippen LogP contribution in [-0.4, -0.2) is 130 Å². The number of aliphatic hydroxyl groups is 1. The fraction of sp³-hybridized carbons (Fsp3) is 0.590. The summed E-state index contributed by atoms with van der Waals surface area (Å²) >= 11 is 4.13. The molecule has 1 aliphatic rings. The molecular weight excluding hydrogens is 834 g/mol. The minimum Gasteiger partial charge on any atom is -0.394 e. The number of imide groups is 1. The van der Waals surface area contributed by atoms with E-state index in [1.54, 1.807) is 27.7 Å². The Kier molecular flexibility index (Phi) is 21.2. The number of carbonyl (C=O) groups is 9. The summed E-state index contributed by atoms with van der Waals surface area (Å²) in [4.78, 5) is 127. The Labute approximate surface area is 364 Å². The second-order valence-electron chi connectivity index (χ2n) is 15.7. The van der Waals surface area contributed by atoms with Gasteiger partial charge in [0.05, 0.1) is 13.0 Å². The number of thiol groups is 1. The second-order valence-corrected chi connectivity index (χ2v) is 16.0. The van der Waals surface area contributed by atoms with Gasteiger partial charge in [0.25, 0.3) is 5.91 Å². The minimum absolute atomic E-state index is 0.0165. The number of aliphatic imine (C=N–C) groups is 1. The number of aliphatic hydroxyl groups excluding tert-OH is 1. The van der Waals surface area contributed by atoms with Crippen molar-refractivity contribution in [3.63, 3.8) is 0 Å². The van der Waals surface area contributed by atoms with Crippen molar-refractivity contribution in [1.29, 1.82) is 0 Å². The van der Waals surface area contributed by atoms with Gasteiger partial charge in [0.15, 0.2) is 5.96 Å². The van der Waals surface area contributed by atoms with Crippen LogP contribution < -0.4 is 49.1 Å². The first-order chi connectivity index (χ1) is 29.1. The zero-order valence-corrected chi connectivity index (χ0v) is 36.3. The molecule has 7 atom stereocenters. The standard InChI is InChI=1S/C39H60FN11O10S/c1-19(2)13-25-33(56)45-24(7-6-12-44-39(42)43)32(55)48-28(16-31(41)54)36(59)50-29(18-62)38(61)51(21(5)53)30(17-52)37(60)49-27(15-22-8-10-23(40)11-9-22)35(58)47-26(14-20(3)4)34(57)46-25/h8-11,19-20,24-30,52,62H,6-7,12-18H2,1-5H3,(H2,41,54)(H,45,56)(H,46,57)(H,47,58)(H,48,55)(H,49,60)(H,50,59)(H4,42,43,44)/t24-,25-,26-,27-,28-,29-,30-/m0/s1. The zero-order chi connectivity index (χ0) is 46.8. The molecule has 0 unspecified atom stereocenters. The molecule has 0 spiro atoms. The molecule has 0 saturated carbocycles. The number of amides is 9. The van der Waals surface area contributed by atoms with E-state index in [0.29, 0.717) is 10.5 Å². The van der Waals surface area contributed by atoms with Crippen LogP contribution in [0.4, 0.5) is 4.39 Å². The van der Waals surface area contributed by atoms with Crippen LogP contribution in [0.1, 0.15) is 72.3 Å². The Morgan fingerprint density at radius 3 is 1.65 bits per heavy atom. The summed E-state index contributed by atoms with van der Waals surface area (Å²) in [5, 5.41) is 25.4. The van der Waals surface area contributed by atoms with Crippen molar-refractivity contribution in [2.24, 2.45) is 34.0 Å². The van der Waals surface area contributed by atoms with Crippen molar-refractivity contribution in [3.05, 3.63) is 35.6 Å². The lowest BCUT2D eigenvalue weighted by Crippen LogP contribution is -2.63. The normalized spacial score (nSPS) is 23.9. The third-order valence-corrected chi connectivity index (χ3v) is 9.81. The van der Waals surface area contributed by atoms with Crippen molar-refractivity contribution in [2.45, 2.75) is 115 Å². The van der Waals surface area contributed by atoms with Crippen LogP contribution in [0.5, 0.6) is 0 Å². The lowest BCUT2D eigenvalue weighted by Gasteiger charge is -2.32. The van der Waals surface area contributed by atoms with Gasteiger partial charge in [0, 0.05) is 25.6 Å². The Bertz CT molecular complexity index is 1810. The van der Waals surface area contributed by atoms with Gasteiger partial charge in [-0.15, -0.1) is 0 Å². The summed E-state index contributed by atoms with van der Waals surface area (Å²) in [7, 11) is 0. The van der Waals surface area contributed by atoms with E-state index < -0.39 is 120 Å². The number of hydrogen-bond donors (Lipinski definition) is 11. The van der Waals surface area contributed by atoms with E-state index in [-0.39, 0.29) is 56.4 Å². The molecule has 62 heavy (non-hydrogen) atoms. The van der Waals surface area contributed by atoms with Crippen molar-refractivity contribution in [1.82, 2.24) is 36.8 Å². The highest BCUT2D eigenvalue weighted by molar-refractivity contribution is 7.80. The molecule has 1 aromatic rings. The first-order valence-electron chi connectivity index (χ1n) is 20.0. The smallest absolute Gasteiger partial charge is 0.253 e. The van der Waals surface area contributed by atoms with Gasteiger partial charge < -0.3 is 54.2 Å². The highest BCUT2D eigenvalue weighted by Crippen LogP contribution is 2.14. The molecule has 0 aliphatic carbocycles. The van der Waals surface area contributed by atoms with E-state index in [4.69, 9.17) is 17.2 Å². The third-order valence-electron chi connectivity index (χ3n) is 9.44. The van der Waals surface area contributed by atoms with E-state index in [0.717, 1.165) is 19.1 Å². The molecule has 1 aliphatic heterocycles. The number of nitrogens with two attached hydrogens (primary N) is 3. The average molecular weight is 894 g/mol. The highest BCUT2D eigenvalue weighted by atomic mass is 32.1. The molecule has 1 aromatic carbocycles. The highest BCUT2D eigenvalue weighted by Gasteiger charge is 2.40. The van der Waals surface area contributed by atoms with E-state index >= 15 is 0 Å². The number of hydrogen-bond acceptors (Lipinski definition) is 12. The van der Waals surface area contributed by atoms with Crippen molar-refractivity contribution < 1.29 is 52.6 Å². The molecule has 1 heterocycles. The fourth-order valence-corrected chi connectivity index (χ4v) is 6.69. The van der Waals surface area contributed by atoms with Gasteiger partial charge >= 0.3 is 0 Å². The summed E-state index contributed by atoms with van der Waals surface area (Å²) in [6, 6.07) is -6.19. The van der Waals surface area contributed by atoms with Crippen molar-refractivity contribution in [3.8, 4) is 0 Å². The van der Waals surface area contributed by atoms with Crippen molar-refractivity contribution >= 4 is 71.8 Å². The van der Waals surface area contributed by atoms with Gasteiger partial charge in [-0.25, -0.2) is 4.39 Å². The summed E-state index contributed by atoms with van der Waals surface area (Å²) in [5.41, 5.74) is 16.6. The molecule has 0 radical (unpaired) electrons.